The molecule has 0 unspecified atom stereocenters. The monoisotopic (exact) mass is 237 g/mol. The van der Waals surface area contributed by atoms with E-state index in [-0.39, 0.29) is 18.0 Å². The summed E-state index contributed by atoms with van der Waals surface area (Å²) in [5.41, 5.74) is 0.0937. The third-order valence-electron chi connectivity index (χ3n) is 2.12. The van der Waals surface area contributed by atoms with Gasteiger partial charge in [-0.15, -0.1) is 0 Å². The zero-order chi connectivity index (χ0) is 12.4. The van der Waals surface area contributed by atoms with E-state index in [1.165, 1.54) is 29.2 Å². The topological polar surface area (TPSA) is 81.2 Å². The highest BCUT2D eigenvalue weighted by atomic mass is 19.1. The zero-order valence-electron chi connectivity index (χ0n) is 8.58. The molecule has 0 aliphatic rings. The van der Waals surface area contributed by atoms with Crippen molar-refractivity contribution in [2.24, 2.45) is 0 Å². The lowest BCUT2D eigenvalue weighted by atomic mass is 10.2. The smallest absolute Gasteiger partial charge is 0.272 e. The van der Waals surface area contributed by atoms with Gasteiger partial charge in [0.25, 0.3) is 5.69 Å². The number of nitrogens with zero attached hydrogens (tertiary/aromatic N) is 3. The second-order valence-corrected chi connectivity index (χ2v) is 3.47. The molecule has 1 N–H and O–H groups in total. The van der Waals surface area contributed by atoms with Crippen LogP contribution >= 0.6 is 0 Å². The third-order valence-corrected chi connectivity index (χ3v) is 2.12. The number of nitro groups is 1. The molecule has 0 fully saturated rings. The number of hydrogen-bond donors (Lipinski definition) is 1. The fourth-order valence-corrected chi connectivity index (χ4v) is 1.46. The van der Waals surface area contributed by atoms with Gasteiger partial charge in [-0.25, -0.2) is 4.39 Å². The molecule has 0 radical (unpaired) electrons. The van der Waals surface area contributed by atoms with Gasteiger partial charge >= 0.3 is 0 Å². The first-order valence-corrected chi connectivity index (χ1v) is 4.70. The van der Waals surface area contributed by atoms with E-state index in [0.29, 0.717) is 5.56 Å². The summed E-state index contributed by atoms with van der Waals surface area (Å²) in [4.78, 5) is 9.88. The van der Waals surface area contributed by atoms with Crippen LogP contribution in [0.4, 0.5) is 10.1 Å². The second-order valence-electron chi connectivity index (χ2n) is 3.47. The van der Waals surface area contributed by atoms with E-state index in [1.54, 1.807) is 0 Å². The van der Waals surface area contributed by atoms with Crippen molar-refractivity contribution in [3.8, 4) is 5.75 Å². The van der Waals surface area contributed by atoms with Crippen LogP contribution in [0.1, 0.15) is 5.56 Å². The molecule has 2 rings (SSSR count). The number of rotatable bonds is 3. The summed E-state index contributed by atoms with van der Waals surface area (Å²) in [6, 6.07) is 3.30. The summed E-state index contributed by atoms with van der Waals surface area (Å²) >= 11 is 0. The summed E-state index contributed by atoms with van der Waals surface area (Å²) in [7, 11) is 0. The number of nitro benzene ring substituents is 1. The summed E-state index contributed by atoms with van der Waals surface area (Å²) in [6.07, 6.45) is 2.57. The Balaban J connectivity index is 2.29. The van der Waals surface area contributed by atoms with Gasteiger partial charge < -0.3 is 5.11 Å². The molecule has 17 heavy (non-hydrogen) atoms. The minimum absolute atomic E-state index is 0.0177. The standard InChI is InChI=1S/C10H8FN3O3/c11-8-1-7(2-9(3-8)14(16)17)5-13-6-10(15)4-12-13/h1-4,6,15H,5H2. The Kier molecular flexibility index (Phi) is 2.73. The Morgan fingerprint density at radius 3 is 2.82 bits per heavy atom. The van der Waals surface area contributed by atoms with Gasteiger partial charge in [0.05, 0.1) is 29.9 Å². The van der Waals surface area contributed by atoms with E-state index in [1.807, 2.05) is 0 Å². The largest absolute Gasteiger partial charge is 0.505 e. The highest BCUT2D eigenvalue weighted by molar-refractivity contribution is 5.35. The highest BCUT2D eigenvalue weighted by Gasteiger charge is 2.10. The number of aromatic hydroxyl groups is 1. The first-order valence-electron chi connectivity index (χ1n) is 4.70. The maximum absolute atomic E-state index is 13.1. The van der Waals surface area contributed by atoms with Crippen molar-refractivity contribution in [3.63, 3.8) is 0 Å². The van der Waals surface area contributed by atoms with E-state index in [9.17, 15) is 14.5 Å². The Bertz CT molecular complexity index is 568. The molecule has 1 aromatic heterocycles. The van der Waals surface area contributed by atoms with Crippen molar-refractivity contribution < 1.29 is 14.4 Å². The SMILES string of the molecule is O=[N+]([O-])c1cc(F)cc(Cn2cc(O)cn2)c1. The van der Waals surface area contributed by atoms with Crippen LogP contribution in [0.5, 0.6) is 5.75 Å². The van der Waals surface area contributed by atoms with Gasteiger partial charge in [-0.1, -0.05) is 0 Å². The molecular weight excluding hydrogens is 229 g/mol. The van der Waals surface area contributed by atoms with Crippen LogP contribution in [0.3, 0.4) is 0 Å². The molecule has 1 aromatic carbocycles. The summed E-state index contributed by atoms with van der Waals surface area (Å²) in [6.45, 7) is 0.152. The van der Waals surface area contributed by atoms with Crippen molar-refractivity contribution in [2.75, 3.05) is 0 Å². The molecule has 0 amide bonds. The third kappa shape index (κ3) is 2.57. The van der Waals surface area contributed by atoms with Gasteiger partial charge in [-0.3, -0.25) is 14.8 Å². The van der Waals surface area contributed by atoms with Crippen LogP contribution in [-0.2, 0) is 6.54 Å². The quantitative estimate of drug-likeness (QED) is 0.650. The molecule has 7 heteroatoms. The normalized spacial score (nSPS) is 10.4. The van der Waals surface area contributed by atoms with Crippen LogP contribution in [-0.4, -0.2) is 19.8 Å². The van der Waals surface area contributed by atoms with Gasteiger partial charge in [0.15, 0.2) is 5.75 Å². The maximum atomic E-state index is 13.1. The molecule has 0 spiro atoms. The maximum Gasteiger partial charge on any atom is 0.272 e. The van der Waals surface area contributed by atoms with Crippen LogP contribution < -0.4 is 0 Å². The molecular formula is C10H8FN3O3. The molecule has 0 saturated carbocycles. The van der Waals surface area contributed by atoms with Crippen molar-refractivity contribution >= 4 is 5.69 Å². The fourth-order valence-electron chi connectivity index (χ4n) is 1.46. The number of hydrogen-bond acceptors (Lipinski definition) is 4. The van der Waals surface area contributed by atoms with Crippen LogP contribution in [0.2, 0.25) is 0 Å². The van der Waals surface area contributed by atoms with E-state index in [0.717, 1.165) is 6.07 Å². The lowest BCUT2D eigenvalue weighted by Crippen LogP contribution is -2.01. The predicted octanol–water partition coefficient (Wildman–Crippen LogP) is 1.68. The van der Waals surface area contributed by atoms with Crippen molar-refractivity contribution in [3.05, 3.63) is 52.1 Å². The summed E-state index contributed by atoms with van der Waals surface area (Å²) < 4.78 is 14.5. The number of benzene rings is 1. The summed E-state index contributed by atoms with van der Waals surface area (Å²) in [5.74, 6) is -0.693. The zero-order valence-corrected chi connectivity index (χ0v) is 8.58. The molecule has 0 bridgehead atoms. The lowest BCUT2D eigenvalue weighted by molar-refractivity contribution is -0.385. The molecule has 6 nitrogen and oxygen atoms in total. The number of halogens is 1. The van der Waals surface area contributed by atoms with Crippen LogP contribution in [0.25, 0.3) is 0 Å². The minimum Gasteiger partial charge on any atom is -0.505 e. The van der Waals surface area contributed by atoms with Crippen molar-refractivity contribution in [1.82, 2.24) is 9.78 Å². The number of aromatic nitrogens is 2. The van der Waals surface area contributed by atoms with Gasteiger partial charge in [0, 0.05) is 6.07 Å². The molecule has 0 saturated heterocycles. The first-order chi connectivity index (χ1) is 8.04. The Morgan fingerprint density at radius 2 is 2.24 bits per heavy atom. The Labute approximate surface area is 95.1 Å². The summed E-state index contributed by atoms with van der Waals surface area (Å²) in [5, 5.41) is 23.4. The lowest BCUT2D eigenvalue weighted by Gasteiger charge is -2.02. The van der Waals surface area contributed by atoms with Crippen LogP contribution in [0.15, 0.2) is 30.6 Å². The predicted molar refractivity (Wildman–Crippen MR) is 56.0 cm³/mol. The molecule has 0 aliphatic carbocycles. The number of non-ortho nitro benzene ring substituents is 1. The average molecular weight is 237 g/mol. The van der Waals surface area contributed by atoms with E-state index in [2.05, 4.69) is 5.10 Å². The molecule has 88 valence electrons. The highest BCUT2D eigenvalue weighted by Crippen LogP contribution is 2.17. The molecule has 1 heterocycles. The molecule has 0 aliphatic heterocycles. The van der Waals surface area contributed by atoms with Gasteiger partial charge in [-0.2, -0.15) is 5.10 Å². The van der Waals surface area contributed by atoms with Gasteiger partial charge in [0.2, 0.25) is 0 Å². The van der Waals surface area contributed by atoms with Crippen molar-refractivity contribution in [2.45, 2.75) is 6.54 Å². The van der Waals surface area contributed by atoms with Crippen molar-refractivity contribution in [1.29, 1.82) is 0 Å². The van der Waals surface area contributed by atoms with Crippen LogP contribution in [0, 0.1) is 15.9 Å². The minimum atomic E-state index is -0.675. The van der Waals surface area contributed by atoms with E-state index >= 15 is 0 Å². The van der Waals surface area contributed by atoms with E-state index in [4.69, 9.17) is 5.11 Å². The second kappa shape index (κ2) is 4.20. The Hall–Kier alpha value is -2.44. The molecule has 2 aromatic rings. The van der Waals surface area contributed by atoms with E-state index < -0.39 is 10.7 Å². The van der Waals surface area contributed by atoms with Gasteiger partial charge in [0.1, 0.15) is 5.82 Å². The Morgan fingerprint density at radius 1 is 1.47 bits per heavy atom. The first kappa shape index (κ1) is 11.1. The van der Waals surface area contributed by atoms with Gasteiger partial charge in [-0.05, 0) is 11.6 Å². The average Bonchev–Trinajstić information content (AvgIpc) is 2.63. The molecule has 0 atom stereocenters. The fraction of sp³-hybridized carbons (Fsp3) is 0.100.